The van der Waals surface area contributed by atoms with Gasteiger partial charge in [-0.05, 0) is 24.3 Å². The van der Waals surface area contributed by atoms with Crippen LogP contribution in [-0.4, -0.2) is 42.9 Å². The third-order valence-electron chi connectivity index (χ3n) is 4.71. The Hall–Kier alpha value is -2.08. The van der Waals surface area contributed by atoms with Gasteiger partial charge in [0.05, 0.1) is 19.3 Å². The Balaban J connectivity index is 1.67. The van der Waals surface area contributed by atoms with E-state index in [1.807, 2.05) is 47.0 Å². The van der Waals surface area contributed by atoms with Crippen LogP contribution in [0, 0.1) is 0 Å². The second-order valence-corrected chi connectivity index (χ2v) is 6.69. The molecular formula is C19H19ClN2O3. The van der Waals surface area contributed by atoms with Crippen LogP contribution in [0.5, 0.6) is 0 Å². The molecule has 1 aliphatic rings. The molecule has 6 heteroatoms. The number of nitrogens with one attached hydrogen (secondary N) is 1. The maximum atomic E-state index is 12.6. The molecule has 1 amide bonds. The fourth-order valence-electron chi connectivity index (χ4n) is 3.49. The largest absolute Gasteiger partial charge is 0.377 e. The third kappa shape index (κ3) is 2.99. The lowest BCUT2D eigenvalue weighted by atomic mass is 10.2. The molecule has 0 aliphatic carbocycles. The molecule has 2 heterocycles. The van der Waals surface area contributed by atoms with Gasteiger partial charge in [-0.3, -0.25) is 4.79 Å². The van der Waals surface area contributed by atoms with Gasteiger partial charge in [0.25, 0.3) is 0 Å². The second kappa shape index (κ2) is 6.67. The summed E-state index contributed by atoms with van der Waals surface area (Å²) < 4.78 is 12.8. The van der Waals surface area contributed by atoms with Crippen molar-refractivity contribution in [1.82, 2.24) is 9.88 Å². The Morgan fingerprint density at radius 1 is 1.24 bits per heavy atom. The number of nitrogens with zero attached hydrogens (tertiary/aromatic N) is 1. The Morgan fingerprint density at radius 3 is 2.88 bits per heavy atom. The minimum Gasteiger partial charge on any atom is -0.377 e. The van der Waals surface area contributed by atoms with Crippen LogP contribution in [0.15, 0.2) is 42.5 Å². The molecular weight excluding hydrogens is 340 g/mol. The molecule has 1 aliphatic heterocycles. The standard InChI is InChI=1S/C19H19ClN2O3/c1-24-18-11-25-10-15(18)21-19(23)9-22-16-5-3-2-4-13(16)14-8-12(20)6-7-17(14)22/h2-8,15,18H,9-11H2,1H3,(H,21,23). The number of carbonyl (C=O) groups is 1. The number of rotatable bonds is 4. The van der Waals surface area contributed by atoms with Crippen molar-refractivity contribution in [2.75, 3.05) is 20.3 Å². The molecule has 130 valence electrons. The molecule has 0 saturated carbocycles. The third-order valence-corrected chi connectivity index (χ3v) is 4.95. The van der Waals surface area contributed by atoms with Crippen molar-refractivity contribution in [2.24, 2.45) is 0 Å². The van der Waals surface area contributed by atoms with E-state index in [4.69, 9.17) is 21.1 Å². The summed E-state index contributed by atoms with van der Waals surface area (Å²) in [7, 11) is 1.63. The Morgan fingerprint density at radius 2 is 2.04 bits per heavy atom. The van der Waals surface area contributed by atoms with E-state index >= 15 is 0 Å². The highest BCUT2D eigenvalue weighted by molar-refractivity contribution is 6.31. The number of benzene rings is 2. The summed E-state index contributed by atoms with van der Waals surface area (Å²) >= 11 is 6.16. The van der Waals surface area contributed by atoms with Gasteiger partial charge in [-0.1, -0.05) is 29.8 Å². The van der Waals surface area contributed by atoms with E-state index in [0.29, 0.717) is 18.2 Å². The smallest absolute Gasteiger partial charge is 0.240 e. The zero-order valence-electron chi connectivity index (χ0n) is 13.9. The molecule has 4 rings (SSSR count). The lowest BCUT2D eigenvalue weighted by molar-refractivity contribution is -0.122. The van der Waals surface area contributed by atoms with Crippen LogP contribution in [0.2, 0.25) is 5.02 Å². The number of aromatic nitrogens is 1. The average molecular weight is 359 g/mol. The summed E-state index contributed by atoms with van der Waals surface area (Å²) in [6.45, 7) is 1.22. The van der Waals surface area contributed by atoms with Crippen LogP contribution >= 0.6 is 11.6 Å². The van der Waals surface area contributed by atoms with Gasteiger partial charge in [0.2, 0.25) is 5.91 Å². The summed E-state index contributed by atoms with van der Waals surface area (Å²) in [5.41, 5.74) is 2.01. The van der Waals surface area contributed by atoms with Crippen LogP contribution in [-0.2, 0) is 20.8 Å². The first-order chi connectivity index (χ1) is 12.2. The summed E-state index contributed by atoms with van der Waals surface area (Å²) in [4.78, 5) is 12.6. The van der Waals surface area contributed by atoms with Crippen molar-refractivity contribution in [3.8, 4) is 0 Å². The highest BCUT2D eigenvalue weighted by Gasteiger charge is 2.29. The molecule has 1 N–H and O–H groups in total. The molecule has 3 aromatic rings. The average Bonchev–Trinajstić information content (AvgIpc) is 3.18. The summed E-state index contributed by atoms with van der Waals surface area (Å²) in [5.74, 6) is -0.0600. The summed E-state index contributed by atoms with van der Waals surface area (Å²) in [6.07, 6.45) is -0.0964. The van der Waals surface area contributed by atoms with E-state index in [0.717, 1.165) is 21.8 Å². The fraction of sp³-hybridized carbons (Fsp3) is 0.316. The van der Waals surface area contributed by atoms with E-state index in [2.05, 4.69) is 5.32 Å². The van der Waals surface area contributed by atoms with Crippen molar-refractivity contribution >= 4 is 39.3 Å². The number of methoxy groups -OCH3 is 1. The number of halogens is 1. The molecule has 2 unspecified atom stereocenters. The van der Waals surface area contributed by atoms with E-state index in [1.54, 1.807) is 7.11 Å². The number of para-hydroxylation sites is 1. The molecule has 1 aromatic heterocycles. The SMILES string of the molecule is COC1COCC1NC(=O)Cn1c2ccccc2c2cc(Cl)ccc21. The van der Waals surface area contributed by atoms with E-state index in [-0.39, 0.29) is 24.6 Å². The fourth-order valence-corrected chi connectivity index (χ4v) is 3.67. The maximum absolute atomic E-state index is 12.6. The Bertz CT molecular complexity index is 937. The first-order valence-corrected chi connectivity index (χ1v) is 8.61. The van der Waals surface area contributed by atoms with Gasteiger partial charge in [0.1, 0.15) is 12.6 Å². The molecule has 2 atom stereocenters. The lowest BCUT2D eigenvalue weighted by Crippen LogP contribution is -2.44. The lowest BCUT2D eigenvalue weighted by Gasteiger charge is -2.18. The number of amides is 1. The molecule has 25 heavy (non-hydrogen) atoms. The van der Waals surface area contributed by atoms with Gasteiger partial charge in [-0.25, -0.2) is 0 Å². The molecule has 0 spiro atoms. The van der Waals surface area contributed by atoms with Gasteiger partial charge in [0.15, 0.2) is 0 Å². The van der Waals surface area contributed by atoms with Crippen molar-refractivity contribution in [3.05, 3.63) is 47.5 Å². The van der Waals surface area contributed by atoms with Crippen LogP contribution in [0.25, 0.3) is 21.8 Å². The normalized spacial score (nSPS) is 20.4. The van der Waals surface area contributed by atoms with E-state index in [1.165, 1.54) is 0 Å². The molecule has 0 bridgehead atoms. The quantitative estimate of drug-likeness (QED) is 0.780. The molecule has 5 nitrogen and oxygen atoms in total. The molecule has 2 aromatic carbocycles. The highest BCUT2D eigenvalue weighted by Crippen LogP contribution is 2.30. The van der Waals surface area contributed by atoms with Crippen molar-refractivity contribution in [2.45, 2.75) is 18.7 Å². The van der Waals surface area contributed by atoms with Gasteiger partial charge >= 0.3 is 0 Å². The number of hydrogen-bond donors (Lipinski definition) is 1. The minimum absolute atomic E-state index is 0.0600. The Kier molecular flexibility index (Phi) is 4.37. The van der Waals surface area contributed by atoms with E-state index in [9.17, 15) is 4.79 Å². The highest BCUT2D eigenvalue weighted by atomic mass is 35.5. The minimum atomic E-state index is -0.111. The van der Waals surface area contributed by atoms with Crippen molar-refractivity contribution in [3.63, 3.8) is 0 Å². The zero-order valence-corrected chi connectivity index (χ0v) is 14.6. The molecule has 1 fully saturated rings. The number of fused-ring (bicyclic) bond motifs is 3. The van der Waals surface area contributed by atoms with Gasteiger partial charge in [-0.15, -0.1) is 0 Å². The van der Waals surface area contributed by atoms with E-state index < -0.39 is 0 Å². The first kappa shape index (κ1) is 16.4. The molecule has 0 radical (unpaired) electrons. The maximum Gasteiger partial charge on any atom is 0.240 e. The topological polar surface area (TPSA) is 52.5 Å². The second-order valence-electron chi connectivity index (χ2n) is 6.25. The number of ether oxygens (including phenoxy) is 2. The predicted octanol–water partition coefficient (Wildman–Crippen LogP) is 2.98. The van der Waals surface area contributed by atoms with Crippen LogP contribution in [0.4, 0.5) is 0 Å². The first-order valence-electron chi connectivity index (χ1n) is 8.24. The summed E-state index contributed by atoms with van der Waals surface area (Å²) in [5, 5.41) is 5.85. The predicted molar refractivity (Wildman–Crippen MR) is 98.0 cm³/mol. The molecule has 1 saturated heterocycles. The van der Waals surface area contributed by atoms with Gasteiger partial charge in [-0.2, -0.15) is 0 Å². The Labute approximate surface area is 150 Å². The van der Waals surface area contributed by atoms with Crippen LogP contribution in [0.1, 0.15) is 0 Å². The van der Waals surface area contributed by atoms with Crippen LogP contribution < -0.4 is 5.32 Å². The monoisotopic (exact) mass is 358 g/mol. The number of carbonyl (C=O) groups excluding carboxylic acids is 1. The van der Waals surface area contributed by atoms with Crippen molar-refractivity contribution in [1.29, 1.82) is 0 Å². The number of hydrogen-bond acceptors (Lipinski definition) is 3. The van der Waals surface area contributed by atoms with Gasteiger partial charge in [0, 0.05) is 33.9 Å². The summed E-state index contributed by atoms with van der Waals surface area (Å²) in [6, 6.07) is 13.7. The van der Waals surface area contributed by atoms with Crippen LogP contribution in [0.3, 0.4) is 0 Å². The van der Waals surface area contributed by atoms with Gasteiger partial charge < -0.3 is 19.4 Å². The zero-order chi connectivity index (χ0) is 17.4. The van der Waals surface area contributed by atoms with Crippen molar-refractivity contribution < 1.29 is 14.3 Å².